The minimum absolute atomic E-state index is 0.0196. The van der Waals surface area contributed by atoms with Crippen molar-refractivity contribution in [1.29, 1.82) is 5.26 Å². The van der Waals surface area contributed by atoms with Gasteiger partial charge in [0.15, 0.2) is 23.0 Å². The third kappa shape index (κ3) is 2.21. The number of aromatic nitrogens is 3. The van der Waals surface area contributed by atoms with E-state index in [-0.39, 0.29) is 28.8 Å². The Morgan fingerprint density at radius 3 is 2.81 bits per heavy atom. The number of pyridine rings is 1. The molecule has 21 heavy (non-hydrogen) atoms. The molecule has 0 saturated heterocycles. The molecule has 2 aromatic heterocycles. The van der Waals surface area contributed by atoms with Crippen molar-refractivity contribution in [3.05, 3.63) is 59.2 Å². The highest BCUT2D eigenvalue weighted by Gasteiger charge is 2.15. The second-order valence-electron chi connectivity index (χ2n) is 4.36. The van der Waals surface area contributed by atoms with Crippen molar-refractivity contribution < 1.29 is 13.2 Å². The standard InChI is InChI=1S/C14H7F3N4/c15-9-4-10-12(5-18)20-21(14(10)19-6-9)7-8-2-1-3-11(16)13(8)17/h1-4,6H,7H2. The van der Waals surface area contributed by atoms with E-state index >= 15 is 0 Å². The van der Waals surface area contributed by atoms with Crippen molar-refractivity contribution in [3.8, 4) is 6.07 Å². The maximum Gasteiger partial charge on any atom is 0.172 e. The van der Waals surface area contributed by atoms with Gasteiger partial charge in [-0.15, -0.1) is 0 Å². The van der Waals surface area contributed by atoms with Crippen LogP contribution in [0.3, 0.4) is 0 Å². The van der Waals surface area contributed by atoms with Crippen LogP contribution in [0.25, 0.3) is 11.0 Å². The van der Waals surface area contributed by atoms with Crippen LogP contribution < -0.4 is 0 Å². The number of halogens is 3. The molecule has 0 fully saturated rings. The summed E-state index contributed by atoms with van der Waals surface area (Å²) in [5.41, 5.74) is 0.278. The molecule has 0 unspecified atom stereocenters. The van der Waals surface area contributed by atoms with Gasteiger partial charge in [0.05, 0.1) is 18.1 Å². The molecule has 0 N–H and O–H groups in total. The number of nitrogens with zero attached hydrogens (tertiary/aromatic N) is 4. The van der Waals surface area contributed by atoms with Crippen molar-refractivity contribution in [2.45, 2.75) is 6.54 Å². The molecule has 0 aliphatic heterocycles. The summed E-state index contributed by atoms with van der Waals surface area (Å²) in [6.07, 6.45) is 0.976. The third-order valence-electron chi connectivity index (χ3n) is 3.01. The summed E-state index contributed by atoms with van der Waals surface area (Å²) >= 11 is 0. The van der Waals surface area contributed by atoms with E-state index in [1.54, 1.807) is 0 Å². The second-order valence-corrected chi connectivity index (χ2v) is 4.36. The average Bonchev–Trinajstić information content (AvgIpc) is 2.81. The smallest absolute Gasteiger partial charge is 0.172 e. The molecule has 7 heteroatoms. The molecule has 0 bridgehead atoms. The van der Waals surface area contributed by atoms with Gasteiger partial charge in [-0.1, -0.05) is 12.1 Å². The van der Waals surface area contributed by atoms with Gasteiger partial charge in [-0.05, 0) is 12.1 Å². The molecule has 0 atom stereocenters. The molecule has 0 aliphatic rings. The van der Waals surface area contributed by atoms with Crippen LogP contribution in [0.5, 0.6) is 0 Å². The predicted octanol–water partition coefficient (Wildman–Crippen LogP) is 2.77. The number of fused-ring (bicyclic) bond motifs is 1. The maximum absolute atomic E-state index is 13.7. The summed E-state index contributed by atoms with van der Waals surface area (Å²) in [4.78, 5) is 3.86. The highest BCUT2D eigenvalue weighted by molar-refractivity contribution is 5.80. The van der Waals surface area contributed by atoms with Gasteiger partial charge in [0, 0.05) is 5.56 Å². The normalized spacial score (nSPS) is 10.8. The average molecular weight is 288 g/mol. The van der Waals surface area contributed by atoms with Crippen LogP contribution in [-0.2, 0) is 6.54 Å². The highest BCUT2D eigenvalue weighted by Crippen LogP contribution is 2.19. The van der Waals surface area contributed by atoms with Gasteiger partial charge in [0.25, 0.3) is 0 Å². The summed E-state index contributed by atoms with van der Waals surface area (Å²) in [6.45, 7) is -0.111. The van der Waals surface area contributed by atoms with Crippen molar-refractivity contribution in [3.63, 3.8) is 0 Å². The van der Waals surface area contributed by atoms with Crippen LogP contribution in [0, 0.1) is 28.8 Å². The quantitative estimate of drug-likeness (QED) is 0.728. The first-order valence-electron chi connectivity index (χ1n) is 5.95. The predicted molar refractivity (Wildman–Crippen MR) is 67.7 cm³/mol. The van der Waals surface area contributed by atoms with Crippen LogP contribution >= 0.6 is 0 Å². The summed E-state index contributed by atoms with van der Waals surface area (Å²) in [5, 5.41) is 13.2. The van der Waals surface area contributed by atoms with Gasteiger partial charge in [-0.3, -0.25) is 0 Å². The van der Waals surface area contributed by atoms with Gasteiger partial charge < -0.3 is 0 Å². The lowest BCUT2D eigenvalue weighted by Crippen LogP contribution is -2.06. The fourth-order valence-electron chi connectivity index (χ4n) is 2.06. The number of benzene rings is 1. The van der Waals surface area contributed by atoms with Crippen LogP contribution in [0.1, 0.15) is 11.3 Å². The molecule has 0 spiro atoms. The lowest BCUT2D eigenvalue weighted by Gasteiger charge is -2.05. The molecule has 3 aromatic rings. The summed E-state index contributed by atoms with van der Waals surface area (Å²) in [6, 6.07) is 6.74. The summed E-state index contributed by atoms with van der Waals surface area (Å²) in [5.74, 6) is -2.55. The first-order chi connectivity index (χ1) is 10.1. The first-order valence-corrected chi connectivity index (χ1v) is 5.95. The van der Waals surface area contributed by atoms with Crippen molar-refractivity contribution in [1.82, 2.24) is 14.8 Å². The molecule has 4 nitrogen and oxygen atoms in total. The lowest BCUT2D eigenvalue weighted by molar-refractivity contribution is 0.493. The van der Waals surface area contributed by atoms with E-state index in [1.165, 1.54) is 16.8 Å². The van der Waals surface area contributed by atoms with Crippen LogP contribution in [-0.4, -0.2) is 14.8 Å². The van der Waals surface area contributed by atoms with Crippen LogP contribution in [0.4, 0.5) is 13.2 Å². The van der Waals surface area contributed by atoms with Gasteiger partial charge in [-0.2, -0.15) is 10.4 Å². The van der Waals surface area contributed by atoms with E-state index < -0.39 is 17.5 Å². The molecule has 104 valence electrons. The fraction of sp³-hybridized carbons (Fsp3) is 0.0714. The monoisotopic (exact) mass is 288 g/mol. The molecular formula is C14H7F3N4. The lowest BCUT2D eigenvalue weighted by atomic mass is 10.2. The number of nitriles is 1. The molecule has 3 rings (SSSR count). The topological polar surface area (TPSA) is 54.5 Å². The van der Waals surface area contributed by atoms with Crippen molar-refractivity contribution in [2.24, 2.45) is 0 Å². The number of hydrogen-bond acceptors (Lipinski definition) is 3. The van der Waals surface area contributed by atoms with Gasteiger partial charge in [0.2, 0.25) is 0 Å². The second kappa shape index (κ2) is 4.90. The maximum atomic E-state index is 13.7. The van der Waals surface area contributed by atoms with Crippen LogP contribution in [0.15, 0.2) is 30.5 Å². The molecule has 0 aliphatic carbocycles. The van der Waals surface area contributed by atoms with E-state index in [2.05, 4.69) is 10.1 Å². The zero-order valence-electron chi connectivity index (χ0n) is 10.5. The Hall–Kier alpha value is -2.88. The van der Waals surface area contributed by atoms with Crippen molar-refractivity contribution in [2.75, 3.05) is 0 Å². The zero-order valence-corrected chi connectivity index (χ0v) is 10.5. The third-order valence-corrected chi connectivity index (χ3v) is 3.01. The van der Waals surface area contributed by atoms with Gasteiger partial charge >= 0.3 is 0 Å². The first kappa shape index (κ1) is 13.1. The fourth-order valence-corrected chi connectivity index (χ4v) is 2.06. The summed E-state index contributed by atoms with van der Waals surface area (Å²) in [7, 11) is 0. The van der Waals surface area contributed by atoms with Gasteiger partial charge in [-0.25, -0.2) is 22.8 Å². The van der Waals surface area contributed by atoms with Crippen molar-refractivity contribution >= 4 is 11.0 Å². The molecule has 0 amide bonds. The Morgan fingerprint density at radius 2 is 2.05 bits per heavy atom. The zero-order chi connectivity index (χ0) is 15.0. The Balaban J connectivity index is 2.13. The molecule has 1 aromatic carbocycles. The Morgan fingerprint density at radius 1 is 1.24 bits per heavy atom. The SMILES string of the molecule is N#Cc1nn(Cc2cccc(F)c2F)c2ncc(F)cc12. The minimum Gasteiger partial charge on any atom is -0.241 e. The van der Waals surface area contributed by atoms with E-state index in [9.17, 15) is 13.2 Å². The number of rotatable bonds is 2. The van der Waals surface area contributed by atoms with E-state index in [4.69, 9.17) is 5.26 Å². The van der Waals surface area contributed by atoms with E-state index in [1.807, 2.05) is 6.07 Å². The van der Waals surface area contributed by atoms with Gasteiger partial charge in [0.1, 0.15) is 11.9 Å². The molecule has 0 saturated carbocycles. The van der Waals surface area contributed by atoms with Crippen LogP contribution in [0.2, 0.25) is 0 Å². The number of hydrogen-bond donors (Lipinski definition) is 0. The molecule has 2 heterocycles. The molecular weight excluding hydrogens is 281 g/mol. The van der Waals surface area contributed by atoms with E-state index in [0.29, 0.717) is 0 Å². The molecule has 0 radical (unpaired) electrons. The minimum atomic E-state index is -0.984. The largest absolute Gasteiger partial charge is 0.241 e. The Labute approximate surface area is 117 Å². The van der Waals surface area contributed by atoms with E-state index in [0.717, 1.165) is 18.3 Å². The Kier molecular flexibility index (Phi) is 3.06. The highest BCUT2D eigenvalue weighted by atomic mass is 19.2. The summed E-state index contributed by atoms with van der Waals surface area (Å²) < 4.78 is 41.3. The Bertz CT molecular complexity index is 880.